The molecule has 0 unspecified atom stereocenters. The van der Waals surface area contributed by atoms with Crippen LogP contribution in [0.15, 0.2) is 65.2 Å². The summed E-state index contributed by atoms with van der Waals surface area (Å²) in [5.74, 6) is -1.42. The van der Waals surface area contributed by atoms with Gasteiger partial charge in [-0.1, -0.05) is 47.6 Å². The molecule has 1 N–H and O–H groups in total. The molecule has 2 aromatic carbocycles. The first-order valence-corrected chi connectivity index (χ1v) is 10.7. The first-order valence-electron chi connectivity index (χ1n) is 10.7. The quantitative estimate of drug-likeness (QED) is 0.578. The molecular formula is C25H25F2N3O2. The number of carbonyl (C=O) groups excluding carboxylic acids is 1. The number of benzene rings is 2. The van der Waals surface area contributed by atoms with Crippen molar-refractivity contribution in [2.75, 3.05) is 26.2 Å². The Bertz CT molecular complexity index is 1070. The molecule has 0 saturated carbocycles. The van der Waals surface area contributed by atoms with Crippen molar-refractivity contribution in [1.29, 1.82) is 0 Å². The highest BCUT2D eigenvalue weighted by Crippen LogP contribution is 2.23. The third-order valence-electron chi connectivity index (χ3n) is 5.67. The maximum atomic E-state index is 13.9. The molecule has 0 bridgehead atoms. The van der Waals surface area contributed by atoms with Gasteiger partial charge in [0.1, 0.15) is 17.3 Å². The molecule has 5 nitrogen and oxygen atoms in total. The SMILES string of the molecule is O=C(NCC1CCN(C/C=C/c2ccccc2)CC1)c1cc(-c2ccc(F)cc2F)no1. The fraction of sp³-hybridized carbons (Fsp3) is 0.280. The average Bonchev–Trinajstić information content (AvgIpc) is 3.29. The lowest BCUT2D eigenvalue weighted by Crippen LogP contribution is -2.38. The smallest absolute Gasteiger partial charge is 0.289 e. The number of likely N-dealkylation sites (tertiary alicyclic amines) is 1. The lowest BCUT2D eigenvalue weighted by atomic mass is 9.96. The van der Waals surface area contributed by atoms with Gasteiger partial charge in [-0.15, -0.1) is 0 Å². The predicted molar refractivity (Wildman–Crippen MR) is 119 cm³/mol. The van der Waals surface area contributed by atoms with E-state index in [9.17, 15) is 13.6 Å². The Morgan fingerprint density at radius 2 is 1.91 bits per heavy atom. The van der Waals surface area contributed by atoms with Crippen LogP contribution in [0.2, 0.25) is 0 Å². The molecule has 0 aliphatic carbocycles. The molecule has 1 fully saturated rings. The van der Waals surface area contributed by atoms with Crippen LogP contribution >= 0.6 is 0 Å². The number of hydrogen-bond acceptors (Lipinski definition) is 4. The Labute approximate surface area is 185 Å². The minimum atomic E-state index is -0.754. The summed E-state index contributed by atoms with van der Waals surface area (Å²) in [5, 5.41) is 6.62. The van der Waals surface area contributed by atoms with Gasteiger partial charge in [0.25, 0.3) is 5.91 Å². The van der Waals surface area contributed by atoms with Gasteiger partial charge in [-0.05, 0) is 49.5 Å². The van der Waals surface area contributed by atoms with Crippen LogP contribution in [0.1, 0.15) is 29.0 Å². The van der Waals surface area contributed by atoms with Crippen LogP contribution in [0.5, 0.6) is 0 Å². The van der Waals surface area contributed by atoms with Gasteiger partial charge >= 0.3 is 0 Å². The molecule has 1 aromatic heterocycles. The summed E-state index contributed by atoms with van der Waals surface area (Å²) in [6, 6.07) is 14.8. The first-order chi connectivity index (χ1) is 15.6. The Balaban J connectivity index is 1.22. The second kappa shape index (κ2) is 10.3. The van der Waals surface area contributed by atoms with Gasteiger partial charge in [-0.25, -0.2) is 8.78 Å². The van der Waals surface area contributed by atoms with E-state index >= 15 is 0 Å². The van der Waals surface area contributed by atoms with Gasteiger partial charge in [0, 0.05) is 30.8 Å². The lowest BCUT2D eigenvalue weighted by molar-refractivity contribution is 0.0901. The third kappa shape index (κ3) is 5.68. The molecule has 166 valence electrons. The molecule has 1 amide bonds. The molecule has 2 heterocycles. The van der Waals surface area contributed by atoms with Crippen molar-refractivity contribution >= 4 is 12.0 Å². The van der Waals surface area contributed by atoms with Crippen molar-refractivity contribution in [2.45, 2.75) is 12.8 Å². The fourth-order valence-electron chi connectivity index (χ4n) is 3.81. The van der Waals surface area contributed by atoms with Crippen LogP contribution in [0.25, 0.3) is 17.3 Å². The maximum absolute atomic E-state index is 13.9. The summed E-state index contributed by atoms with van der Waals surface area (Å²) >= 11 is 0. The number of hydrogen-bond donors (Lipinski definition) is 1. The van der Waals surface area contributed by atoms with Crippen LogP contribution in [-0.4, -0.2) is 42.1 Å². The van der Waals surface area contributed by atoms with Crippen molar-refractivity contribution < 1.29 is 18.1 Å². The summed E-state index contributed by atoms with van der Waals surface area (Å²) in [4.78, 5) is 14.8. The summed E-state index contributed by atoms with van der Waals surface area (Å²) in [7, 11) is 0. The molecule has 1 saturated heterocycles. The summed E-state index contributed by atoms with van der Waals surface area (Å²) in [6.07, 6.45) is 6.32. The Morgan fingerprint density at radius 3 is 2.66 bits per heavy atom. The number of piperidine rings is 1. The van der Waals surface area contributed by atoms with Crippen LogP contribution in [-0.2, 0) is 0 Å². The van der Waals surface area contributed by atoms with Crippen LogP contribution in [0.4, 0.5) is 8.78 Å². The number of halogens is 2. The van der Waals surface area contributed by atoms with Crippen molar-refractivity contribution in [3.8, 4) is 11.3 Å². The lowest BCUT2D eigenvalue weighted by Gasteiger charge is -2.31. The molecule has 1 aliphatic rings. The highest BCUT2D eigenvalue weighted by molar-refractivity contribution is 5.92. The van der Waals surface area contributed by atoms with Crippen molar-refractivity contribution in [1.82, 2.24) is 15.4 Å². The normalized spacial score (nSPS) is 15.3. The molecule has 0 spiro atoms. The van der Waals surface area contributed by atoms with Crippen molar-refractivity contribution in [2.24, 2.45) is 5.92 Å². The fourth-order valence-corrected chi connectivity index (χ4v) is 3.81. The van der Waals surface area contributed by atoms with Crippen LogP contribution in [0.3, 0.4) is 0 Å². The van der Waals surface area contributed by atoms with E-state index in [0.717, 1.165) is 44.6 Å². The van der Waals surface area contributed by atoms with E-state index in [1.54, 1.807) is 0 Å². The summed E-state index contributed by atoms with van der Waals surface area (Å²) in [6.45, 7) is 3.42. The van der Waals surface area contributed by atoms with E-state index in [-0.39, 0.29) is 22.9 Å². The minimum absolute atomic E-state index is 0.00668. The molecular weight excluding hydrogens is 412 g/mol. The molecule has 3 aromatic rings. The number of rotatable bonds is 7. The topological polar surface area (TPSA) is 58.4 Å². The van der Waals surface area contributed by atoms with E-state index in [1.165, 1.54) is 17.7 Å². The van der Waals surface area contributed by atoms with Gasteiger partial charge in [0.15, 0.2) is 0 Å². The number of amides is 1. The summed E-state index contributed by atoms with van der Waals surface area (Å²) < 4.78 is 32.0. The minimum Gasteiger partial charge on any atom is -0.350 e. The predicted octanol–water partition coefficient (Wildman–Crippen LogP) is 4.78. The zero-order valence-electron chi connectivity index (χ0n) is 17.6. The first kappa shape index (κ1) is 21.9. The van der Waals surface area contributed by atoms with Gasteiger partial charge < -0.3 is 9.84 Å². The highest BCUT2D eigenvalue weighted by atomic mass is 19.1. The Kier molecular flexibility index (Phi) is 7.07. The monoisotopic (exact) mass is 437 g/mol. The Morgan fingerprint density at radius 1 is 1.12 bits per heavy atom. The van der Waals surface area contributed by atoms with Crippen LogP contribution < -0.4 is 5.32 Å². The van der Waals surface area contributed by atoms with Gasteiger partial charge in [0.05, 0.1) is 0 Å². The van der Waals surface area contributed by atoms with E-state index in [4.69, 9.17) is 4.52 Å². The molecule has 0 radical (unpaired) electrons. The highest BCUT2D eigenvalue weighted by Gasteiger charge is 2.21. The summed E-state index contributed by atoms with van der Waals surface area (Å²) in [5.41, 5.74) is 1.44. The van der Waals surface area contributed by atoms with Crippen molar-refractivity contribution in [3.05, 3.63) is 83.6 Å². The molecule has 7 heteroatoms. The zero-order valence-corrected chi connectivity index (χ0v) is 17.6. The van der Waals surface area contributed by atoms with Gasteiger partial charge in [-0.3, -0.25) is 9.69 Å². The standard InChI is InChI=1S/C25H25F2N3O2/c26-20-8-9-21(22(27)15-20)23-16-24(32-29-23)25(31)28-17-19-10-13-30(14-11-19)12-4-7-18-5-2-1-3-6-18/h1-9,15-16,19H,10-14,17H2,(H,28,31)/b7-4+. The van der Waals surface area contributed by atoms with Crippen LogP contribution in [0, 0.1) is 17.6 Å². The average molecular weight is 437 g/mol. The third-order valence-corrected chi connectivity index (χ3v) is 5.67. The second-order valence-electron chi connectivity index (χ2n) is 7.97. The zero-order chi connectivity index (χ0) is 22.3. The van der Waals surface area contributed by atoms with Gasteiger partial charge in [-0.2, -0.15) is 0 Å². The number of aromatic nitrogens is 1. The maximum Gasteiger partial charge on any atom is 0.289 e. The molecule has 1 aliphatic heterocycles. The number of nitrogens with one attached hydrogen (secondary N) is 1. The van der Waals surface area contributed by atoms with E-state index < -0.39 is 11.6 Å². The molecule has 4 rings (SSSR count). The van der Waals surface area contributed by atoms with E-state index in [1.807, 2.05) is 18.2 Å². The molecule has 32 heavy (non-hydrogen) atoms. The molecule has 0 atom stereocenters. The van der Waals surface area contributed by atoms with Gasteiger partial charge in [0.2, 0.25) is 5.76 Å². The van der Waals surface area contributed by atoms with E-state index in [0.29, 0.717) is 12.5 Å². The number of carbonyl (C=O) groups is 1. The second-order valence-corrected chi connectivity index (χ2v) is 7.97. The van der Waals surface area contributed by atoms with Crippen molar-refractivity contribution in [3.63, 3.8) is 0 Å². The Hall–Kier alpha value is -3.32. The van der Waals surface area contributed by atoms with E-state index in [2.05, 4.69) is 39.7 Å². The largest absolute Gasteiger partial charge is 0.350 e. The number of nitrogens with zero attached hydrogens (tertiary/aromatic N) is 2.